The fraction of sp³-hybridized carbons (Fsp3) is 0.400. The maximum absolute atomic E-state index is 10.9. The fourth-order valence-electron chi connectivity index (χ4n) is 1.36. The monoisotopic (exact) mass is 236 g/mol. The second kappa shape index (κ2) is 6.01. The minimum Gasteiger partial charge on any atom is -0.744 e. The molecule has 0 bridgehead atoms. The van der Waals surface area contributed by atoms with E-state index in [2.05, 4.69) is 0 Å². The van der Waals surface area contributed by atoms with E-state index < -0.39 is 10.1 Å². The van der Waals surface area contributed by atoms with Gasteiger partial charge in [0, 0.05) is 0 Å². The third-order valence-corrected chi connectivity index (χ3v) is 2.81. The Morgan fingerprint density at radius 3 is 2.27 bits per heavy atom. The quantitative estimate of drug-likeness (QED) is 0.489. The van der Waals surface area contributed by atoms with Crippen LogP contribution in [0.4, 0.5) is 0 Å². The van der Waals surface area contributed by atoms with Crippen LogP contribution in [0, 0.1) is 5.92 Å². The molecule has 0 aliphatic carbocycles. The van der Waals surface area contributed by atoms with Gasteiger partial charge in [-0.05, 0) is 24.0 Å². The molecule has 0 spiro atoms. The first-order valence-electron chi connectivity index (χ1n) is 4.45. The van der Waals surface area contributed by atoms with Crippen LogP contribution in [0.25, 0.3) is 0 Å². The Kier molecular flexibility index (Phi) is 6.06. The maximum Gasteiger partial charge on any atom is 1.00 e. The van der Waals surface area contributed by atoms with Crippen molar-refractivity contribution in [1.29, 1.82) is 0 Å². The molecule has 0 heterocycles. The molecule has 0 amide bonds. The smallest absolute Gasteiger partial charge is 0.744 e. The molecule has 0 radical (unpaired) electrons. The minimum atomic E-state index is -4.33. The van der Waals surface area contributed by atoms with Crippen molar-refractivity contribution in [3.8, 4) is 0 Å². The Labute approximate surface area is 113 Å². The van der Waals surface area contributed by atoms with Crippen molar-refractivity contribution in [1.82, 2.24) is 0 Å². The molecule has 0 saturated carbocycles. The van der Waals surface area contributed by atoms with Crippen LogP contribution in [0.3, 0.4) is 0 Å². The zero-order valence-corrected chi connectivity index (χ0v) is 12.0. The van der Waals surface area contributed by atoms with Crippen LogP contribution in [0.15, 0.2) is 29.2 Å². The van der Waals surface area contributed by atoms with Crippen LogP contribution >= 0.6 is 0 Å². The minimum absolute atomic E-state index is 0. The zero-order chi connectivity index (χ0) is 10.8. The summed E-state index contributed by atoms with van der Waals surface area (Å²) in [6, 6.07) is 6.35. The van der Waals surface area contributed by atoms with E-state index in [0.29, 0.717) is 17.9 Å². The molecule has 78 valence electrons. The summed E-state index contributed by atoms with van der Waals surface area (Å²) in [5.41, 5.74) is 0.609. The van der Waals surface area contributed by atoms with E-state index in [4.69, 9.17) is 0 Å². The second-order valence-electron chi connectivity index (χ2n) is 3.66. The molecule has 1 aromatic carbocycles. The number of rotatable bonds is 3. The van der Waals surface area contributed by atoms with Gasteiger partial charge in [0.15, 0.2) is 0 Å². The number of hydrogen-bond donors (Lipinski definition) is 0. The second-order valence-corrected chi connectivity index (χ2v) is 5.01. The molecule has 15 heavy (non-hydrogen) atoms. The number of hydrogen-bond acceptors (Lipinski definition) is 3. The molecule has 0 N–H and O–H groups in total. The molecule has 5 heteroatoms. The molecule has 0 fully saturated rings. The zero-order valence-electron chi connectivity index (χ0n) is 9.23. The van der Waals surface area contributed by atoms with Crippen LogP contribution in [-0.4, -0.2) is 13.0 Å². The van der Waals surface area contributed by atoms with Crippen molar-refractivity contribution in [2.45, 2.75) is 25.2 Å². The van der Waals surface area contributed by atoms with E-state index in [0.717, 1.165) is 0 Å². The summed E-state index contributed by atoms with van der Waals surface area (Å²) >= 11 is 0. The SMILES string of the molecule is CC(C)Cc1ccccc1S(=O)(=O)[O-].[Na+]. The van der Waals surface area contributed by atoms with E-state index in [1.54, 1.807) is 18.2 Å². The molecule has 3 nitrogen and oxygen atoms in total. The summed E-state index contributed by atoms with van der Waals surface area (Å²) in [5.74, 6) is 0.331. The van der Waals surface area contributed by atoms with Gasteiger partial charge in [0.1, 0.15) is 10.1 Å². The van der Waals surface area contributed by atoms with Crippen molar-refractivity contribution in [2.24, 2.45) is 5.92 Å². The van der Waals surface area contributed by atoms with E-state index in [1.807, 2.05) is 13.8 Å². The van der Waals surface area contributed by atoms with Crippen molar-refractivity contribution >= 4 is 10.1 Å². The van der Waals surface area contributed by atoms with Crippen molar-refractivity contribution in [3.05, 3.63) is 29.8 Å². The first-order chi connectivity index (χ1) is 6.41. The average molecular weight is 236 g/mol. The van der Waals surface area contributed by atoms with Crippen LogP contribution < -0.4 is 29.6 Å². The van der Waals surface area contributed by atoms with E-state index in [1.165, 1.54) is 6.07 Å². The molecule has 0 saturated heterocycles. The van der Waals surface area contributed by atoms with Crippen molar-refractivity contribution in [3.63, 3.8) is 0 Å². The summed E-state index contributed by atoms with van der Waals surface area (Å²) in [4.78, 5) is -0.0892. The molecule has 0 atom stereocenters. The van der Waals surface area contributed by atoms with Gasteiger partial charge in [-0.2, -0.15) is 0 Å². The Bertz CT molecular complexity index is 412. The Morgan fingerprint density at radius 2 is 1.80 bits per heavy atom. The Hall–Kier alpha value is 0.130. The van der Waals surface area contributed by atoms with Gasteiger partial charge in [0.2, 0.25) is 0 Å². The molecule has 1 rings (SSSR count). The summed E-state index contributed by atoms with van der Waals surface area (Å²) in [7, 11) is -4.33. The van der Waals surface area contributed by atoms with Gasteiger partial charge in [-0.3, -0.25) is 0 Å². The summed E-state index contributed by atoms with van der Waals surface area (Å²) in [6.07, 6.45) is 0.609. The largest absolute Gasteiger partial charge is 1.00 e. The molecule has 0 unspecified atom stereocenters. The fourth-order valence-corrected chi connectivity index (χ4v) is 2.07. The topological polar surface area (TPSA) is 57.2 Å². The third kappa shape index (κ3) is 4.66. The standard InChI is InChI=1S/C10H14O3S.Na/c1-8(2)7-9-5-3-4-6-10(9)14(11,12)13;/h3-6,8H,7H2,1-2H3,(H,11,12,13);/q;+1/p-1. The summed E-state index contributed by atoms with van der Waals surface area (Å²) < 4.78 is 32.6. The summed E-state index contributed by atoms with van der Waals surface area (Å²) in [6.45, 7) is 3.96. The first-order valence-corrected chi connectivity index (χ1v) is 5.86. The molecule has 0 aromatic heterocycles. The van der Waals surface area contributed by atoms with E-state index >= 15 is 0 Å². The van der Waals surface area contributed by atoms with Crippen LogP contribution in [-0.2, 0) is 16.5 Å². The van der Waals surface area contributed by atoms with E-state index in [-0.39, 0.29) is 34.5 Å². The van der Waals surface area contributed by atoms with E-state index in [9.17, 15) is 13.0 Å². The predicted octanol–water partition coefficient (Wildman–Crippen LogP) is -1.21. The normalized spacial score (nSPS) is 11.2. The van der Waals surface area contributed by atoms with Gasteiger partial charge in [-0.15, -0.1) is 0 Å². The summed E-state index contributed by atoms with van der Waals surface area (Å²) in [5, 5.41) is 0. The molecular formula is C10H13NaO3S. The van der Waals surface area contributed by atoms with Crippen molar-refractivity contribution in [2.75, 3.05) is 0 Å². The molecule has 0 aliphatic heterocycles. The van der Waals surface area contributed by atoms with Crippen molar-refractivity contribution < 1.29 is 42.5 Å². The predicted molar refractivity (Wildman–Crippen MR) is 52.9 cm³/mol. The van der Waals surface area contributed by atoms with Crippen LogP contribution in [0.5, 0.6) is 0 Å². The third-order valence-electron chi connectivity index (χ3n) is 1.87. The maximum atomic E-state index is 10.9. The van der Waals surface area contributed by atoms with Gasteiger partial charge in [0.05, 0.1) is 4.90 Å². The molecular weight excluding hydrogens is 223 g/mol. The van der Waals surface area contributed by atoms with Gasteiger partial charge >= 0.3 is 29.6 Å². The van der Waals surface area contributed by atoms with Crippen LogP contribution in [0.1, 0.15) is 19.4 Å². The first kappa shape index (κ1) is 15.1. The van der Waals surface area contributed by atoms with Gasteiger partial charge < -0.3 is 4.55 Å². The van der Waals surface area contributed by atoms with Gasteiger partial charge in [0.25, 0.3) is 0 Å². The molecule has 0 aliphatic rings. The van der Waals surface area contributed by atoms with Gasteiger partial charge in [-0.25, -0.2) is 8.42 Å². The molecule has 1 aromatic rings. The van der Waals surface area contributed by atoms with Gasteiger partial charge in [-0.1, -0.05) is 32.0 Å². The average Bonchev–Trinajstić information content (AvgIpc) is 2.01. The Balaban J connectivity index is 0.00000196. The van der Waals surface area contributed by atoms with Crippen LogP contribution in [0.2, 0.25) is 0 Å². The Morgan fingerprint density at radius 1 is 1.27 bits per heavy atom. The number of benzene rings is 1.